The SMILES string of the molecule is Cc1cn2nc(C3CCCCN3C(=O)C3CC(c4ccccc4)ON3)cc2nc1N1CCC(N)C1. The number of piperidine rings is 1. The number of hydroxylamine groups is 1. The summed E-state index contributed by atoms with van der Waals surface area (Å²) in [5.41, 5.74) is 13.0. The highest BCUT2D eigenvalue weighted by Gasteiger charge is 2.38. The van der Waals surface area contributed by atoms with Crippen molar-refractivity contribution >= 4 is 17.4 Å². The molecule has 3 aliphatic heterocycles. The molecule has 35 heavy (non-hydrogen) atoms. The van der Waals surface area contributed by atoms with Gasteiger partial charge in [-0.1, -0.05) is 30.3 Å². The van der Waals surface area contributed by atoms with Crippen molar-refractivity contribution in [3.63, 3.8) is 0 Å². The van der Waals surface area contributed by atoms with Crippen LogP contribution in [0.3, 0.4) is 0 Å². The summed E-state index contributed by atoms with van der Waals surface area (Å²) in [6.45, 7) is 4.56. The number of fused-ring (bicyclic) bond motifs is 1. The van der Waals surface area contributed by atoms with Gasteiger partial charge in [0.2, 0.25) is 5.91 Å². The first-order valence-electron chi connectivity index (χ1n) is 12.7. The monoisotopic (exact) mass is 475 g/mol. The number of hydrogen-bond acceptors (Lipinski definition) is 7. The number of anilines is 1. The number of aromatic nitrogens is 3. The summed E-state index contributed by atoms with van der Waals surface area (Å²) >= 11 is 0. The zero-order valence-corrected chi connectivity index (χ0v) is 20.1. The number of carbonyl (C=O) groups is 1. The number of rotatable bonds is 4. The quantitative estimate of drug-likeness (QED) is 0.598. The molecule has 9 heteroatoms. The molecule has 0 saturated carbocycles. The van der Waals surface area contributed by atoms with Gasteiger partial charge < -0.3 is 15.5 Å². The zero-order chi connectivity index (χ0) is 23.9. The molecule has 1 aromatic carbocycles. The summed E-state index contributed by atoms with van der Waals surface area (Å²) in [7, 11) is 0. The van der Waals surface area contributed by atoms with Crippen LogP contribution in [-0.2, 0) is 9.63 Å². The van der Waals surface area contributed by atoms with Crippen LogP contribution < -0.4 is 16.1 Å². The average Bonchev–Trinajstić information content (AvgIpc) is 3.63. The van der Waals surface area contributed by atoms with E-state index in [0.29, 0.717) is 6.42 Å². The van der Waals surface area contributed by atoms with E-state index >= 15 is 0 Å². The van der Waals surface area contributed by atoms with E-state index in [1.54, 1.807) is 0 Å². The van der Waals surface area contributed by atoms with Crippen molar-refractivity contribution in [3.05, 3.63) is 59.4 Å². The molecule has 3 aromatic rings. The van der Waals surface area contributed by atoms with Crippen LogP contribution in [0.5, 0.6) is 0 Å². The van der Waals surface area contributed by atoms with Gasteiger partial charge in [-0.15, -0.1) is 0 Å². The minimum absolute atomic E-state index is 0.0560. The fraction of sp³-hybridized carbons (Fsp3) is 0.500. The average molecular weight is 476 g/mol. The molecule has 3 fully saturated rings. The number of amides is 1. The van der Waals surface area contributed by atoms with Crippen molar-refractivity contribution in [1.29, 1.82) is 0 Å². The topological polar surface area (TPSA) is 101 Å². The van der Waals surface area contributed by atoms with Crippen molar-refractivity contribution in [3.8, 4) is 0 Å². The molecule has 6 rings (SSSR count). The largest absolute Gasteiger partial charge is 0.355 e. The third kappa shape index (κ3) is 4.28. The Morgan fingerprint density at radius 2 is 2.03 bits per heavy atom. The lowest BCUT2D eigenvalue weighted by molar-refractivity contribution is -0.138. The predicted octanol–water partition coefficient (Wildman–Crippen LogP) is 2.66. The van der Waals surface area contributed by atoms with Gasteiger partial charge in [0, 0.05) is 49.9 Å². The lowest BCUT2D eigenvalue weighted by Gasteiger charge is -2.36. The molecular weight excluding hydrogens is 442 g/mol. The molecule has 1 amide bonds. The molecule has 3 aliphatic rings. The van der Waals surface area contributed by atoms with Gasteiger partial charge in [0.25, 0.3) is 0 Å². The first-order valence-corrected chi connectivity index (χ1v) is 12.7. The number of likely N-dealkylation sites (tertiary alicyclic amines) is 1. The van der Waals surface area contributed by atoms with Crippen LogP contribution in [0.15, 0.2) is 42.6 Å². The molecule has 4 unspecified atom stereocenters. The molecule has 4 atom stereocenters. The Hall–Kier alpha value is -3.01. The molecule has 184 valence electrons. The van der Waals surface area contributed by atoms with Gasteiger partial charge in [0.15, 0.2) is 5.65 Å². The minimum Gasteiger partial charge on any atom is -0.355 e. The van der Waals surface area contributed by atoms with E-state index in [4.69, 9.17) is 20.7 Å². The van der Waals surface area contributed by atoms with E-state index in [-0.39, 0.29) is 30.1 Å². The Kier molecular flexibility index (Phi) is 5.91. The third-order valence-electron chi connectivity index (χ3n) is 7.55. The van der Waals surface area contributed by atoms with Crippen molar-refractivity contribution in [1.82, 2.24) is 25.0 Å². The predicted molar refractivity (Wildman–Crippen MR) is 133 cm³/mol. The van der Waals surface area contributed by atoms with Gasteiger partial charge in [0.1, 0.15) is 18.0 Å². The summed E-state index contributed by atoms with van der Waals surface area (Å²) < 4.78 is 1.85. The van der Waals surface area contributed by atoms with Gasteiger partial charge in [-0.05, 0) is 38.2 Å². The normalized spacial score (nSPS) is 27.1. The van der Waals surface area contributed by atoms with E-state index in [0.717, 1.165) is 73.6 Å². The molecule has 3 N–H and O–H groups in total. The summed E-state index contributed by atoms with van der Waals surface area (Å²) in [6.07, 6.45) is 6.51. The number of nitrogens with zero attached hydrogens (tertiary/aromatic N) is 5. The first kappa shape index (κ1) is 22.5. The maximum absolute atomic E-state index is 13.6. The standard InChI is InChI=1S/C26H33N7O2/c1-17-15-33-24(28-25(17)31-12-10-19(27)16-31)14-20(29-33)22-9-5-6-11-32(22)26(34)21-13-23(35-30-21)18-7-3-2-4-8-18/h2-4,7-8,14-15,19,21-23,30H,5-6,9-13,16,27H2,1H3. The summed E-state index contributed by atoms with van der Waals surface area (Å²) in [4.78, 5) is 28.6. The molecular formula is C26H33N7O2. The highest BCUT2D eigenvalue weighted by Crippen LogP contribution is 2.34. The highest BCUT2D eigenvalue weighted by atomic mass is 16.7. The van der Waals surface area contributed by atoms with Crippen LogP contribution in [-0.4, -0.2) is 57.1 Å². The smallest absolute Gasteiger partial charge is 0.242 e. The highest BCUT2D eigenvalue weighted by molar-refractivity contribution is 5.82. The Balaban J connectivity index is 1.23. The number of hydrogen-bond donors (Lipinski definition) is 2. The Bertz CT molecular complexity index is 1210. The number of carbonyl (C=O) groups excluding carboxylic acids is 1. The van der Waals surface area contributed by atoms with E-state index < -0.39 is 0 Å². The minimum atomic E-state index is -0.357. The van der Waals surface area contributed by atoms with Crippen LogP contribution in [0.2, 0.25) is 0 Å². The van der Waals surface area contributed by atoms with Crippen LogP contribution in [0.25, 0.3) is 5.65 Å². The molecule has 0 bridgehead atoms. The van der Waals surface area contributed by atoms with Gasteiger partial charge in [-0.3, -0.25) is 9.63 Å². The summed E-state index contributed by atoms with van der Waals surface area (Å²) in [5.74, 6) is 1.06. The van der Waals surface area contributed by atoms with Gasteiger partial charge in [0.05, 0.1) is 11.7 Å². The maximum atomic E-state index is 13.6. The van der Waals surface area contributed by atoms with Gasteiger partial charge >= 0.3 is 0 Å². The van der Waals surface area contributed by atoms with E-state index in [9.17, 15) is 4.79 Å². The number of aryl methyl sites for hydroxylation is 1. The second-order valence-corrected chi connectivity index (χ2v) is 10.1. The van der Waals surface area contributed by atoms with Gasteiger partial charge in [-0.2, -0.15) is 10.6 Å². The summed E-state index contributed by atoms with van der Waals surface area (Å²) in [6, 6.07) is 11.9. The second-order valence-electron chi connectivity index (χ2n) is 10.1. The van der Waals surface area contributed by atoms with Gasteiger partial charge in [-0.25, -0.2) is 9.50 Å². The molecule has 2 aromatic heterocycles. The first-order chi connectivity index (χ1) is 17.1. The molecule has 5 heterocycles. The lowest BCUT2D eigenvalue weighted by atomic mass is 9.97. The zero-order valence-electron chi connectivity index (χ0n) is 20.1. The van der Waals surface area contributed by atoms with Crippen molar-refractivity contribution < 1.29 is 9.63 Å². The van der Waals surface area contributed by atoms with E-state index in [2.05, 4.69) is 17.3 Å². The van der Waals surface area contributed by atoms with Crippen LogP contribution in [0.4, 0.5) is 5.82 Å². The van der Waals surface area contributed by atoms with E-state index in [1.165, 1.54) is 0 Å². The Morgan fingerprint density at radius 3 is 2.83 bits per heavy atom. The Labute approximate surface area is 205 Å². The van der Waals surface area contributed by atoms with E-state index in [1.807, 2.05) is 52.0 Å². The molecule has 9 nitrogen and oxygen atoms in total. The lowest BCUT2D eigenvalue weighted by Crippen LogP contribution is -2.47. The van der Waals surface area contributed by atoms with Crippen LogP contribution in [0, 0.1) is 6.92 Å². The third-order valence-corrected chi connectivity index (χ3v) is 7.55. The fourth-order valence-corrected chi connectivity index (χ4v) is 5.68. The number of benzene rings is 1. The summed E-state index contributed by atoms with van der Waals surface area (Å²) in [5, 5.41) is 4.87. The van der Waals surface area contributed by atoms with Crippen molar-refractivity contribution in [2.24, 2.45) is 5.73 Å². The van der Waals surface area contributed by atoms with Crippen LogP contribution in [0.1, 0.15) is 61.1 Å². The number of nitrogens with two attached hydrogens (primary N) is 1. The number of nitrogens with one attached hydrogen (secondary N) is 1. The fourth-order valence-electron chi connectivity index (χ4n) is 5.68. The molecule has 0 radical (unpaired) electrons. The molecule has 0 aliphatic carbocycles. The second kappa shape index (κ2) is 9.22. The Morgan fingerprint density at radius 1 is 1.17 bits per heavy atom. The van der Waals surface area contributed by atoms with Crippen molar-refractivity contribution in [2.75, 3.05) is 24.5 Å². The molecule has 3 saturated heterocycles. The van der Waals surface area contributed by atoms with Crippen molar-refractivity contribution in [2.45, 2.75) is 63.3 Å². The maximum Gasteiger partial charge on any atom is 0.242 e. The molecule has 0 spiro atoms. The van der Waals surface area contributed by atoms with Crippen LogP contribution >= 0.6 is 0 Å².